The van der Waals surface area contributed by atoms with E-state index in [9.17, 15) is 19.6 Å². The molecule has 6 N–H and O–H groups in total. The summed E-state index contributed by atoms with van der Waals surface area (Å²) in [6, 6.07) is 0. The van der Waals surface area contributed by atoms with Gasteiger partial charge in [0, 0.05) is 0 Å². The first-order valence-corrected chi connectivity index (χ1v) is 8.26. The minimum absolute atomic E-state index is 0.111. The van der Waals surface area contributed by atoms with Crippen LogP contribution >= 0.6 is 7.82 Å². The monoisotopic (exact) mass is 366 g/mol. The lowest BCUT2D eigenvalue weighted by atomic mass is 10.1. The first kappa shape index (κ1) is 17.3. The third-order valence-corrected chi connectivity index (χ3v) is 4.02. The highest BCUT2D eigenvalue weighted by Gasteiger charge is 2.45. The molecule has 13 nitrogen and oxygen atoms in total. The zero-order valence-corrected chi connectivity index (χ0v) is 12.9. The Kier molecular flexibility index (Phi) is 4.36. The number of imidazole rings is 1. The van der Waals surface area contributed by atoms with Crippen molar-refractivity contribution in [2.45, 2.75) is 24.5 Å². The fraction of sp³-hybridized carbons (Fsp3) is 0.600. The average molecular weight is 366 g/mol. The van der Waals surface area contributed by atoms with Crippen molar-refractivity contribution >= 4 is 19.5 Å². The number of hydrogen-bond acceptors (Lipinski definition) is 9. The fourth-order valence-corrected chi connectivity index (χ4v) is 2.92. The van der Waals surface area contributed by atoms with Crippen LogP contribution in [0.4, 0.5) is 5.82 Å². The third kappa shape index (κ3) is 2.92. The van der Waals surface area contributed by atoms with Crippen LogP contribution in [0.3, 0.4) is 0 Å². The van der Waals surface area contributed by atoms with E-state index in [1.165, 1.54) is 4.57 Å². The molecular formula is C10H15N4O9P. The Labute approximate surface area is 134 Å². The van der Waals surface area contributed by atoms with E-state index in [4.69, 9.17) is 19.6 Å². The quantitative estimate of drug-likeness (QED) is 0.305. The van der Waals surface area contributed by atoms with E-state index in [0.717, 1.165) is 6.33 Å². The van der Waals surface area contributed by atoms with Crippen LogP contribution in [0.2, 0.25) is 0 Å². The van der Waals surface area contributed by atoms with Gasteiger partial charge in [-0.05, 0) is 0 Å². The Balaban J connectivity index is 1.85. The summed E-state index contributed by atoms with van der Waals surface area (Å²) in [6.45, 7) is -0.903. The molecule has 3 rings (SSSR count). The molecular weight excluding hydrogens is 351 g/mol. The molecule has 1 fully saturated rings. The van der Waals surface area contributed by atoms with Crippen LogP contribution in [0.15, 0.2) is 6.33 Å². The van der Waals surface area contributed by atoms with Crippen LogP contribution < -0.4 is 5.32 Å². The lowest BCUT2D eigenvalue weighted by molar-refractivity contribution is -0.0558. The van der Waals surface area contributed by atoms with Crippen LogP contribution in [0.25, 0.3) is 0 Å². The Morgan fingerprint density at radius 1 is 1.42 bits per heavy atom. The van der Waals surface area contributed by atoms with E-state index in [1.54, 1.807) is 0 Å². The highest BCUT2D eigenvalue weighted by molar-refractivity contribution is 7.46. The lowest BCUT2D eigenvalue weighted by Crippen LogP contribution is -2.40. The van der Waals surface area contributed by atoms with Crippen molar-refractivity contribution in [2.24, 2.45) is 0 Å². The largest absolute Gasteiger partial charge is 0.491 e. The molecule has 134 valence electrons. The summed E-state index contributed by atoms with van der Waals surface area (Å²) in [6.07, 6.45) is -3.66. The number of fused-ring (bicyclic) bond motifs is 1. The second-order valence-corrected chi connectivity index (χ2v) is 6.31. The maximum atomic E-state index is 12.1. The summed E-state index contributed by atoms with van der Waals surface area (Å²) in [5.74, 6) is -0.794. The molecule has 1 amide bonds. The number of rotatable bonds is 4. The highest BCUT2D eigenvalue weighted by atomic mass is 31.2. The number of aromatic nitrogens is 2. The number of nitrogens with one attached hydrogen (secondary N) is 1. The molecule has 0 bridgehead atoms. The van der Waals surface area contributed by atoms with Gasteiger partial charge in [-0.2, -0.15) is 9.69 Å². The summed E-state index contributed by atoms with van der Waals surface area (Å²) in [5.41, 5.74) is -0.215. The average Bonchev–Trinajstić information content (AvgIpc) is 3.04. The van der Waals surface area contributed by atoms with Gasteiger partial charge < -0.3 is 35.2 Å². The first-order chi connectivity index (χ1) is 11.2. The van der Waals surface area contributed by atoms with Crippen LogP contribution in [0, 0.1) is 0 Å². The Bertz CT molecular complexity index is 690. The second kappa shape index (κ2) is 6.06. The van der Waals surface area contributed by atoms with Crippen LogP contribution in [-0.4, -0.2) is 77.2 Å². The third-order valence-electron chi connectivity index (χ3n) is 3.61. The van der Waals surface area contributed by atoms with Crippen molar-refractivity contribution in [1.29, 1.82) is 0 Å². The summed E-state index contributed by atoms with van der Waals surface area (Å²) < 4.78 is 21.7. The van der Waals surface area contributed by atoms with Crippen LogP contribution in [0.5, 0.6) is 0 Å². The molecule has 0 saturated carbocycles. The Hall–Kier alpha value is -1.57. The van der Waals surface area contributed by atoms with E-state index in [2.05, 4.69) is 14.9 Å². The molecule has 0 spiro atoms. The normalized spacial score (nSPS) is 30.4. The fourth-order valence-electron chi connectivity index (χ4n) is 2.53. The smallest absolute Gasteiger partial charge is 0.394 e. The van der Waals surface area contributed by atoms with E-state index in [1.807, 2.05) is 0 Å². The number of phosphoric acid groups is 1. The number of aliphatic hydroxyl groups is 3. The minimum atomic E-state index is -4.92. The number of hydroxylamine groups is 2. The number of carbonyl (C=O) groups excluding carboxylic acids is 1. The van der Waals surface area contributed by atoms with Gasteiger partial charge >= 0.3 is 13.7 Å². The SMILES string of the molecule is O=C1c2ncn([C@@H]3O[C@H](CO)[C@@H](O)[C@H]3O)c2NCN1OP(=O)(O)O. The van der Waals surface area contributed by atoms with Crippen molar-refractivity contribution in [3.63, 3.8) is 0 Å². The van der Waals surface area contributed by atoms with Crippen molar-refractivity contribution in [2.75, 3.05) is 18.6 Å². The Morgan fingerprint density at radius 3 is 2.71 bits per heavy atom. The molecule has 0 unspecified atom stereocenters. The van der Waals surface area contributed by atoms with Gasteiger partial charge in [0.05, 0.1) is 12.9 Å². The second-order valence-electron chi connectivity index (χ2n) is 5.17. The topological polar surface area (TPSA) is 187 Å². The number of aliphatic hydroxyl groups excluding tert-OH is 3. The van der Waals surface area contributed by atoms with Gasteiger partial charge in [-0.25, -0.2) is 9.55 Å². The summed E-state index contributed by atoms with van der Waals surface area (Å²) >= 11 is 0. The number of amides is 1. The predicted molar refractivity (Wildman–Crippen MR) is 73.0 cm³/mol. The van der Waals surface area contributed by atoms with E-state index in [-0.39, 0.29) is 11.5 Å². The first-order valence-electron chi connectivity index (χ1n) is 6.73. The standard InChI is InChI=1S/C10H15N4O9P/c15-1-4-6(16)7(17)10(22-4)13-2-11-5-8(13)12-3-14(9(5)18)23-24(19,20)21/h2,4,6-7,10,12,15-17H,1,3H2,(H2,19,20,21)/t4-,6-,7-,10-/m1/s1. The maximum Gasteiger partial charge on any atom is 0.491 e. The molecule has 2 aliphatic rings. The van der Waals surface area contributed by atoms with Gasteiger partial charge in [-0.15, -0.1) is 0 Å². The van der Waals surface area contributed by atoms with E-state index in [0.29, 0.717) is 5.06 Å². The molecule has 1 aromatic heterocycles. The molecule has 0 radical (unpaired) electrons. The van der Waals surface area contributed by atoms with Gasteiger partial charge in [0.1, 0.15) is 30.8 Å². The summed E-state index contributed by atoms with van der Waals surface area (Å²) in [5, 5.41) is 32.0. The van der Waals surface area contributed by atoms with E-state index < -0.39 is 51.5 Å². The van der Waals surface area contributed by atoms with Gasteiger partial charge in [-0.3, -0.25) is 9.36 Å². The molecule has 1 saturated heterocycles. The zero-order valence-electron chi connectivity index (χ0n) is 12.0. The van der Waals surface area contributed by atoms with Crippen molar-refractivity contribution in [3.8, 4) is 0 Å². The molecule has 1 aromatic rings. The number of carbonyl (C=O) groups is 1. The van der Waals surface area contributed by atoms with Crippen molar-refractivity contribution in [3.05, 3.63) is 12.0 Å². The molecule has 2 aliphatic heterocycles. The number of nitrogens with zero attached hydrogens (tertiary/aromatic N) is 3. The Morgan fingerprint density at radius 2 is 2.12 bits per heavy atom. The molecule has 0 aliphatic carbocycles. The molecule has 0 aromatic carbocycles. The number of ether oxygens (including phenoxy) is 1. The zero-order chi connectivity index (χ0) is 17.6. The van der Waals surface area contributed by atoms with Crippen LogP contribution in [0.1, 0.15) is 16.7 Å². The number of hydrogen-bond donors (Lipinski definition) is 6. The summed E-state index contributed by atoms with van der Waals surface area (Å²) in [4.78, 5) is 33.5. The number of anilines is 1. The molecule has 4 atom stereocenters. The van der Waals surface area contributed by atoms with E-state index >= 15 is 0 Å². The van der Waals surface area contributed by atoms with Gasteiger partial charge in [0.15, 0.2) is 11.9 Å². The highest BCUT2D eigenvalue weighted by Crippen LogP contribution is 2.39. The molecule has 24 heavy (non-hydrogen) atoms. The van der Waals surface area contributed by atoms with Gasteiger partial charge in [-0.1, -0.05) is 0 Å². The predicted octanol–water partition coefficient (Wildman–Crippen LogP) is -2.66. The maximum absolute atomic E-state index is 12.1. The van der Waals surface area contributed by atoms with Gasteiger partial charge in [0.25, 0.3) is 0 Å². The summed E-state index contributed by atoms with van der Waals surface area (Å²) in [7, 11) is -4.92. The molecule has 3 heterocycles. The lowest BCUT2D eigenvalue weighted by Gasteiger charge is -2.28. The van der Waals surface area contributed by atoms with Gasteiger partial charge in [0.2, 0.25) is 0 Å². The van der Waals surface area contributed by atoms with Crippen molar-refractivity contribution < 1.29 is 43.8 Å². The minimum Gasteiger partial charge on any atom is -0.394 e. The molecule has 14 heteroatoms. The van der Waals surface area contributed by atoms with Crippen LogP contribution in [-0.2, 0) is 13.9 Å². The van der Waals surface area contributed by atoms with Crippen molar-refractivity contribution in [1.82, 2.24) is 14.6 Å².